The molecule has 0 aliphatic heterocycles. The van der Waals surface area contributed by atoms with Gasteiger partial charge in [-0.1, -0.05) is 0 Å². The van der Waals surface area contributed by atoms with E-state index in [1.165, 1.54) is 0 Å². The Hall–Kier alpha value is -1.03. The third-order valence-corrected chi connectivity index (χ3v) is 3.41. The highest BCUT2D eigenvalue weighted by Crippen LogP contribution is 2.35. The first-order valence-corrected chi connectivity index (χ1v) is 6.04. The fourth-order valence-electron chi connectivity index (χ4n) is 1.61. The monoisotopic (exact) mass is 283 g/mol. The van der Waals surface area contributed by atoms with Crippen LogP contribution in [0.4, 0.5) is 5.69 Å². The number of carbonyl (C=O) groups excluding carboxylic acids is 1. The van der Waals surface area contributed by atoms with Crippen LogP contribution in [0.5, 0.6) is 5.75 Å². The van der Waals surface area contributed by atoms with Crippen molar-refractivity contribution in [3.63, 3.8) is 0 Å². The van der Waals surface area contributed by atoms with Crippen LogP contribution in [0.15, 0.2) is 22.7 Å². The first kappa shape index (κ1) is 11.5. The smallest absolute Gasteiger partial charge is 0.229 e. The first-order chi connectivity index (χ1) is 7.63. The van der Waals surface area contributed by atoms with E-state index >= 15 is 0 Å². The molecule has 0 saturated heterocycles. The molecule has 1 aliphatic carbocycles. The third-order valence-electron chi connectivity index (χ3n) is 2.77. The lowest BCUT2D eigenvalue weighted by molar-refractivity contribution is -0.119. The summed E-state index contributed by atoms with van der Waals surface area (Å²) in [5.41, 5.74) is 0.887. The Labute approximate surface area is 104 Å². The summed E-state index contributed by atoms with van der Waals surface area (Å²) in [4.78, 5) is 13.6. The van der Waals surface area contributed by atoms with Crippen LogP contribution < -0.4 is 9.64 Å². The Morgan fingerprint density at radius 1 is 1.50 bits per heavy atom. The number of halogens is 1. The molecule has 0 unspecified atom stereocenters. The summed E-state index contributed by atoms with van der Waals surface area (Å²) in [6.45, 7) is 0. The number of benzene rings is 1. The van der Waals surface area contributed by atoms with Crippen LogP contribution in [0.1, 0.15) is 12.8 Å². The van der Waals surface area contributed by atoms with Gasteiger partial charge in [-0.15, -0.1) is 0 Å². The van der Waals surface area contributed by atoms with Crippen LogP contribution in [-0.2, 0) is 4.79 Å². The molecule has 1 aliphatic rings. The minimum Gasteiger partial charge on any atom is -0.497 e. The van der Waals surface area contributed by atoms with Gasteiger partial charge in [-0.05, 0) is 47.0 Å². The van der Waals surface area contributed by atoms with E-state index < -0.39 is 0 Å². The van der Waals surface area contributed by atoms with Crippen molar-refractivity contribution in [2.24, 2.45) is 5.92 Å². The van der Waals surface area contributed by atoms with E-state index in [9.17, 15) is 4.79 Å². The number of anilines is 1. The van der Waals surface area contributed by atoms with E-state index in [4.69, 9.17) is 4.74 Å². The van der Waals surface area contributed by atoms with Crippen LogP contribution >= 0.6 is 15.9 Å². The maximum atomic E-state index is 11.9. The zero-order valence-corrected chi connectivity index (χ0v) is 11.0. The van der Waals surface area contributed by atoms with Crippen LogP contribution in [-0.4, -0.2) is 20.1 Å². The van der Waals surface area contributed by atoms with Gasteiger partial charge >= 0.3 is 0 Å². The van der Waals surface area contributed by atoms with Gasteiger partial charge in [-0.3, -0.25) is 4.79 Å². The van der Waals surface area contributed by atoms with Crippen molar-refractivity contribution in [1.82, 2.24) is 0 Å². The van der Waals surface area contributed by atoms with Crippen molar-refractivity contribution in [2.45, 2.75) is 12.8 Å². The largest absolute Gasteiger partial charge is 0.497 e. The van der Waals surface area contributed by atoms with E-state index in [1.54, 1.807) is 12.0 Å². The Balaban J connectivity index is 2.22. The first-order valence-electron chi connectivity index (χ1n) is 5.24. The Morgan fingerprint density at radius 3 is 2.69 bits per heavy atom. The summed E-state index contributed by atoms with van der Waals surface area (Å²) >= 11 is 3.45. The van der Waals surface area contributed by atoms with Crippen LogP contribution in [0.25, 0.3) is 0 Å². The van der Waals surface area contributed by atoms with E-state index in [-0.39, 0.29) is 11.8 Å². The average molecular weight is 284 g/mol. The lowest BCUT2D eigenvalue weighted by Crippen LogP contribution is -2.27. The molecule has 0 atom stereocenters. The molecular formula is C12H14BrNO2. The highest BCUT2D eigenvalue weighted by Gasteiger charge is 2.32. The molecule has 1 amide bonds. The Morgan fingerprint density at radius 2 is 2.19 bits per heavy atom. The summed E-state index contributed by atoms with van der Waals surface area (Å²) < 4.78 is 5.99. The highest BCUT2D eigenvalue weighted by molar-refractivity contribution is 9.10. The van der Waals surface area contributed by atoms with Crippen molar-refractivity contribution in [1.29, 1.82) is 0 Å². The zero-order valence-electron chi connectivity index (χ0n) is 9.37. The normalized spacial score (nSPS) is 14.7. The molecule has 1 fully saturated rings. The molecule has 4 heteroatoms. The molecule has 0 aromatic heterocycles. The number of rotatable bonds is 3. The van der Waals surface area contributed by atoms with Gasteiger partial charge in [0.15, 0.2) is 0 Å². The second-order valence-electron chi connectivity index (χ2n) is 3.99. The van der Waals surface area contributed by atoms with Gasteiger partial charge in [0.2, 0.25) is 5.91 Å². The van der Waals surface area contributed by atoms with Gasteiger partial charge in [-0.2, -0.15) is 0 Å². The lowest BCUT2D eigenvalue weighted by atomic mass is 10.2. The predicted molar refractivity (Wildman–Crippen MR) is 66.8 cm³/mol. The van der Waals surface area contributed by atoms with Crippen molar-refractivity contribution in [2.75, 3.05) is 19.1 Å². The van der Waals surface area contributed by atoms with Crippen LogP contribution in [0.3, 0.4) is 0 Å². The van der Waals surface area contributed by atoms with Gasteiger partial charge < -0.3 is 9.64 Å². The van der Waals surface area contributed by atoms with Crippen molar-refractivity contribution in [3.05, 3.63) is 22.7 Å². The van der Waals surface area contributed by atoms with Gasteiger partial charge in [0.25, 0.3) is 0 Å². The van der Waals surface area contributed by atoms with Crippen molar-refractivity contribution >= 4 is 27.5 Å². The average Bonchev–Trinajstić information content (AvgIpc) is 3.10. The summed E-state index contributed by atoms with van der Waals surface area (Å²) in [6.07, 6.45) is 2.05. The second-order valence-corrected chi connectivity index (χ2v) is 4.84. The predicted octanol–water partition coefficient (Wildman–Crippen LogP) is 2.83. The summed E-state index contributed by atoms with van der Waals surface area (Å²) in [5.74, 6) is 1.22. The zero-order chi connectivity index (χ0) is 11.7. The van der Waals surface area contributed by atoms with Gasteiger partial charge in [0.05, 0.1) is 12.8 Å². The fraction of sp³-hybridized carbons (Fsp3) is 0.417. The van der Waals surface area contributed by atoms with E-state index in [2.05, 4.69) is 15.9 Å². The fourth-order valence-corrected chi connectivity index (χ4v) is 2.23. The quantitative estimate of drug-likeness (QED) is 0.854. The van der Waals surface area contributed by atoms with Crippen molar-refractivity contribution in [3.8, 4) is 5.75 Å². The SMILES string of the molecule is COc1ccc(N(C)C(=O)C2CC2)c(Br)c1. The molecule has 0 N–H and O–H groups in total. The molecule has 16 heavy (non-hydrogen) atoms. The molecule has 0 heterocycles. The summed E-state index contributed by atoms with van der Waals surface area (Å²) in [7, 11) is 3.44. The molecule has 86 valence electrons. The second kappa shape index (κ2) is 4.45. The lowest BCUT2D eigenvalue weighted by Gasteiger charge is -2.19. The molecule has 2 rings (SSSR count). The van der Waals surface area contributed by atoms with Crippen LogP contribution in [0.2, 0.25) is 0 Å². The molecule has 1 aromatic carbocycles. The molecule has 0 bridgehead atoms. The number of nitrogens with zero attached hydrogens (tertiary/aromatic N) is 1. The standard InChI is InChI=1S/C12H14BrNO2/c1-14(12(15)8-3-4-8)11-6-5-9(16-2)7-10(11)13/h5-8H,3-4H2,1-2H3. The number of carbonyl (C=O) groups is 1. The molecular weight excluding hydrogens is 270 g/mol. The minimum atomic E-state index is 0.200. The Kier molecular flexibility index (Phi) is 3.19. The number of hydrogen-bond acceptors (Lipinski definition) is 2. The number of amides is 1. The summed E-state index contributed by atoms with van der Waals surface area (Å²) in [6, 6.07) is 5.62. The topological polar surface area (TPSA) is 29.5 Å². The molecule has 1 aromatic rings. The maximum Gasteiger partial charge on any atom is 0.229 e. The van der Waals surface area contributed by atoms with E-state index in [0.717, 1.165) is 28.8 Å². The highest BCUT2D eigenvalue weighted by atomic mass is 79.9. The van der Waals surface area contributed by atoms with Crippen LogP contribution in [0, 0.1) is 5.92 Å². The van der Waals surface area contributed by atoms with Gasteiger partial charge in [-0.25, -0.2) is 0 Å². The molecule has 3 nitrogen and oxygen atoms in total. The van der Waals surface area contributed by atoms with Crippen molar-refractivity contribution < 1.29 is 9.53 Å². The minimum absolute atomic E-state index is 0.200. The maximum absolute atomic E-state index is 11.9. The molecule has 0 radical (unpaired) electrons. The number of hydrogen-bond donors (Lipinski definition) is 0. The van der Waals surface area contributed by atoms with Gasteiger partial charge in [0, 0.05) is 17.4 Å². The van der Waals surface area contributed by atoms with E-state index in [1.807, 2.05) is 25.2 Å². The van der Waals surface area contributed by atoms with Gasteiger partial charge in [0.1, 0.15) is 5.75 Å². The molecule has 1 saturated carbocycles. The van der Waals surface area contributed by atoms with E-state index in [0.29, 0.717) is 0 Å². The third kappa shape index (κ3) is 2.21. The summed E-state index contributed by atoms with van der Waals surface area (Å²) in [5, 5.41) is 0. The number of methoxy groups -OCH3 is 1. The Bertz CT molecular complexity index is 415. The number of ether oxygens (including phenoxy) is 1. The molecule has 0 spiro atoms.